The maximum Gasteiger partial charge on any atom is 0.414 e. The van der Waals surface area contributed by atoms with Gasteiger partial charge in [0.25, 0.3) is 0 Å². The molecule has 0 saturated carbocycles. The van der Waals surface area contributed by atoms with Crippen molar-refractivity contribution in [2.24, 2.45) is 0 Å². The predicted octanol–water partition coefficient (Wildman–Crippen LogP) is 3.33. The largest absolute Gasteiger partial charge is 0.443 e. The van der Waals surface area contributed by atoms with Gasteiger partial charge >= 0.3 is 6.09 Å². The highest BCUT2D eigenvalue weighted by molar-refractivity contribution is 5.92. The Kier molecular flexibility index (Phi) is 4.57. The van der Waals surface area contributed by atoms with Gasteiger partial charge in [0, 0.05) is 24.0 Å². The molecule has 0 saturated heterocycles. The summed E-state index contributed by atoms with van der Waals surface area (Å²) in [6.07, 6.45) is 1.67. The van der Waals surface area contributed by atoms with Gasteiger partial charge in [-0.2, -0.15) is 10.5 Å². The molecule has 0 aliphatic carbocycles. The summed E-state index contributed by atoms with van der Waals surface area (Å²) in [5.41, 5.74) is 1.96. The second-order valence-electron chi connectivity index (χ2n) is 6.11. The molecule has 1 aromatic rings. The number of carbonyl (C=O) groups excluding carboxylic acids is 1. The summed E-state index contributed by atoms with van der Waals surface area (Å²) in [6.45, 7) is 6.03. The fourth-order valence-electron chi connectivity index (χ4n) is 2.32. The minimum atomic E-state index is -0.549. The topological polar surface area (TPSA) is 89.2 Å². The number of carbonyl (C=O) groups is 1. The molecule has 0 bridgehead atoms. The highest BCUT2D eigenvalue weighted by Crippen LogP contribution is 2.34. The van der Waals surface area contributed by atoms with Crippen molar-refractivity contribution < 1.29 is 9.53 Å². The summed E-state index contributed by atoms with van der Waals surface area (Å²) in [5, 5.41) is 20.5. The Balaban J connectivity index is 2.24. The van der Waals surface area contributed by atoms with Crippen LogP contribution in [-0.2, 0) is 11.2 Å². The third-order valence-corrected chi connectivity index (χ3v) is 3.25. The van der Waals surface area contributed by atoms with Gasteiger partial charge in [0.2, 0.25) is 0 Å². The molecule has 6 heteroatoms. The SMILES string of the molecule is CC(C)(C)OC(=O)N1CCc2c(NC=C(C#N)C#N)cccc21. The van der Waals surface area contributed by atoms with Crippen LogP contribution in [0.2, 0.25) is 0 Å². The van der Waals surface area contributed by atoms with Crippen LogP contribution in [0.15, 0.2) is 30.0 Å². The zero-order chi connectivity index (χ0) is 17.0. The highest BCUT2D eigenvalue weighted by Gasteiger charge is 2.30. The second kappa shape index (κ2) is 6.41. The Morgan fingerprint density at radius 1 is 1.35 bits per heavy atom. The van der Waals surface area contributed by atoms with Crippen molar-refractivity contribution in [3.63, 3.8) is 0 Å². The number of nitrogens with zero attached hydrogens (tertiary/aromatic N) is 3. The molecule has 2 rings (SSSR count). The van der Waals surface area contributed by atoms with Crippen molar-refractivity contribution in [3.8, 4) is 12.1 Å². The molecular formula is C17H18N4O2. The molecule has 1 amide bonds. The second-order valence-corrected chi connectivity index (χ2v) is 6.11. The minimum absolute atomic E-state index is 0.00963. The Bertz CT molecular complexity index is 716. The van der Waals surface area contributed by atoms with Crippen molar-refractivity contribution in [1.82, 2.24) is 0 Å². The van der Waals surface area contributed by atoms with Gasteiger partial charge < -0.3 is 10.1 Å². The van der Waals surface area contributed by atoms with Crippen molar-refractivity contribution in [2.75, 3.05) is 16.8 Å². The van der Waals surface area contributed by atoms with E-state index in [9.17, 15) is 4.79 Å². The molecule has 1 aliphatic rings. The summed E-state index contributed by atoms with van der Waals surface area (Å²) in [5.74, 6) is 0. The smallest absolute Gasteiger partial charge is 0.414 e. The van der Waals surface area contributed by atoms with Crippen molar-refractivity contribution in [2.45, 2.75) is 32.8 Å². The van der Waals surface area contributed by atoms with Gasteiger partial charge in [-0.25, -0.2) is 4.79 Å². The van der Waals surface area contributed by atoms with E-state index in [0.29, 0.717) is 13.0 Å². The first-order chi connectivity index (χ1) is 10.9. The van der Waals surface area contributed by atoms with E-state index >= 15 is 0 Å². The van der Waals surface area contributed by atoms with E-state index in [1.165, 1.54) is 6.20 Å². The molecule has 0 spiro atoms. The van der Waals surface area contributed by atoms with Gasteiger partial charge in [-0.3, -0.25) is 4.90 Å². The van der Waals surface area contributed by atoms with E-state index in [2.05, 4.69) is 5.32 Å². The molecule has 0 radical (unpaired) electrons. The number of benzene rings is 1. The Morgan fingerprint density at radius 2 is 2.04 bits per heavy atom. The Hall–Kier alpha value is -2.99. The van der Waals surface area contributed by atoms with Crippen LogP contribution < -0.4 is 10.2 Å². The van der Waals surface area contributed by atoms with E-state index < -0.39 is 5.60 Å². The summed E-state index contributed by atoms with van der Waals surface area (Å²) < 4.78 is 5.42. The van der Waals surface area contributed by atoms with Gasteiger partial charge in [0.05, 0.1) is 5.69 Å². The van der Waals surface area contributed by atoms with Crippen LogP contribution in [0, 0.1) is 22.7 Å². The van der Waals surface area contributed by atoms with E-state index in [0.717, 1.165) is 16.9 Å². The van der Waals surface area contributed by atoms with Gasteiger partial charge in [-0.05, 0) is 39.3 Å². The van der Waals surface area contributed by atoms with Crippen LogP contribution in [0.3, 0.4) is 0 Å². The Morgan fingerprint density at radius 3 is 2.65 bits per heavy atom. The van der Waals surface area contributed by atoms with Crippen molar-refractivity contribution in [1.29, 1.82) is 10.5 Å². The normalized spacial score (nSPS) is 12.7. The molecule has 6 nitrogen and oxygen atoms in total. The lowest BCUT2D eigenvalue weighted by atomic mass is 10.1. The number of hydrogen-bond acceptors (Lipinski definition) is 5. The quantitative estimate of drug-likeness (QED) is 0.846. The highest BCUT2D eigenvalue weighted by atomic mass is 16.6. The Labute approximate surface area is 135 Å². The van der Waals surface area contributed by atoms with Crippen molar-refractivity contribution >= 4 is 17.5 Å². The molecule has 1 heterocycles. The molecular weight excluding hydrogens is 292 g/mol. The molecule has 0 fully saturated rings. The zero-order valence-corrected chi connectivity index (χ0v) is 13.4. The third kappa shape index (κ3) is 3.81. The van der Waals surface area contributed by atoms with Gasteiger partial charge in [-0.1, -0.05) is 6.07 Å². The summed E-state index contributed by atoms with van der Waals surface area (Å²) in [4.78, 5) is 13.9. The first-order valence-electron chi connectivity index (χ1n) is 7.25. The van der Waals surface area contributed by atoms with Crippen molar-refractivity contribution in [3.05, 3.63) is 35.5 Å². The average Bonchev–Trinajstić information content (AvgIpc) is 2.91. The molecule has 1 aliphatic heterocycles. The van der Waals surface area contributed by atoms with E-state index in [1.54, 1.807) is 17.0 Å². The maximum atomic E-state index is 12.3. The standard InChI is InChI=1S/C17H18N4O2/c1-17(2,3)23-16(22)21-8-7-13-14(5-4-6-15(13)21)20-11-12(9-18)10-19/h4-6,11,20H,7-8H2,1-3H3. The molecule has 1 N–H and O–H groups in total. The zero-order valence-electron chi connectivity index (χ0n) is 13.4. The number of anilines is 2. The van der Waals surface area contributed by atoms with Crippen LogP contribution in [0.1, 0.15) is 26.3 Å². The number of allylic oxidation sites excluding steroid dienone is 1. The van der Waals surface area contributed by atoms with Crippen LogP contribution in [-0.4, -0.2) is 18.2 Å². The summed E-state index contributed by atoms with van der Waals surface area (Å²) in [6, 6.07) is 9.11. The number of hydrogen-bond donors (Lipinski definition) is 1. The van der Waals surface area contributed by atoms with Crippen LogP contribution in [0.25, 0.3) is 0 Å². The lowest BCUT2D eigenvalue weighted by Gasteiger charge is -2.24. The fourth-order valence-corrected chi connectivity index (χ4v) is 2.32. The molecule has 0 aromatic heterocycles. The molecule has 0 unspecified atom stereocenters. The number of ether oxygens (including phenoxy) is 1. The fraction of sp³-hybridized carbons (Fsp3) is 0.353. The molecule has 1 aromatic carbocycles. The monoisotopic (exact) mass is 310 g/mol. The minimum Gasteiger partial charge on any atom is -0.443 e. The number of rotatable bonds is 2. The van der Waals surface area contributed by atoms with Gasteiger partial charge in [0.15, 0.2) is 0 Å². The van der Waals surface area contributed by atoms with E-state index in [4.69, 9.17) is 15.3 Å². The maximum absolute atomic E-state index is 12.3. The lowest BCUT2D eigenvalue weighted by molar-refractivity contribution is 0.0584. The van der Waals surface area contributed by atoms with E-state index in [-0.39, 0.29) is 11.7 Å². The van der Waals surface area contributed by atoms with Crippen LogP contribution in [0.5, 0.6) is 0 Å². The first-order valence-corrected chi connectivity index (χ1v) is 7.25. The molecule has 118 valence electrons. The van der Waals surface area contributed by atoms with Crippen LogP contribution in [0.4, 0.5) is 16.2 Å². The summed E-state index contributed by atoms with van der Waals surface area (Å²) in [7, 11) is 0. The number of nitriles is 2. The number of fused-ring (bicyclic) bond motifs is 1. The first kappa shape index (κ1) is 16.4. The van der Waals surface area contributed by atoms with Gasteiger partial charge in [-0.15, -0.1) is 0 Å². The molecule has 23 heavy (non-hydrogen) atoms. The lowest BCUT2D eigenvalue weighted by Crippen LogP contribution is -2.35. The average molecular weight is 310 g/mol. The number of nitrogens with one attached hydrogen (secondary N) is 1. The third-order valence-electron chi connectivity index (χ3n) is 3.25. The van der Waals surface area contributed by atoms with E-state index in [1.807, 2.05) is 39.0 Å². The predicted molar refractivity (Wildman–Crippen MR) is 86.7 cm³/mol. The summed E-state index contributed by atoms with van der Waals surface area (Å²) >= 11 is 0. The number of amides is 1. The van der Waals surface area contributed by atoms with Gasteiger partial charge in [0.1, 0.15) is 23.3 Å². The molecule has 0 atom stereocenters. The van der Waals surface area contributed by atoms with Crippen LogP contribution >= 0.6 is 0 Å².